The molecule has 1 heterocycles. The summed E-state index contributed by atoms with van der Waals surface area (Å²) >= 11 is 6.21. The van der Waals surface area contributed by atoms with Crippen LogP contribution in [0.2, 0.25) is 5.15 Å². The van der Waals surface area contributed by atoms with E-state index in [0.29, 0.717) is 16.3 Å². The zero-order valence-electron chi connectivity index (χ0n) is 11.8. The lowest BCUT2D eigenvalue weighted by Crippen LogP contribution is -2.07. The van der Waals surface area contributed by atoms with E-state index in [-0.39, 0.29) is 18.2 Å². The van der Waals surface area contributed by atoms with Crippen LogP contribution in [0.15, 0.2) is 24.3 Å². The van der Waals surface area contributed by atoms with E-state index in [9.17, 15) is 9.50 Å². The largest absolute Gasteiger partial charge is 0.388 e. The summed E-state index contributed by atoms with van der Waals surface area (Å²) < 4.78 is 15.2. The Morgan fingerprint density at radius 2 is 2.00 bits per heavy atom. The van der Waals surface area contributed by atoms with E-state index in [1.165, 1.54) is 10.7 Å². The summed E-state index contributed by atoms with van der Waals surface area (Å²) in [6.07, 6.45) is -0.692. The van der Waals surface area contributed by atoms with Crippen molar-refractivity contribution in [1.29, 1.82) is 0 Å². The van der Waals surface area contributed by atoms with Crippen LogP contribution in [0, 0.1) is 5.82 Å². The van der Waals surface area contributed by atoms with Gasteiger partial charge in [0.1, 0.15) is 11.0 Å². The van der Waals surface area contributed by atoms with Gasteiger partial charge in [0.2, 0.25) is 0 Å². The minimum absolute atomic E-state index is 0.138. The number of nitrogens with zero attached hydrogens (tertiary/aromatic N) is 2. The minimum atomic E-state index is -0.870. The molecule has 0 amide bonds. The highest BCUT2D eigenvalue weighted by molar-refractivity contribution is 6.30. The molecule has 1 unspecified atom stereocenters. The third-order valence-corrected chi connectivity index (χ3v) is 3.74. The highest BCUT2D eigenvalue weighted by Gasteiger charge is 2.24. The van der Waals surface area contributed by atoms with Crippen molar-refractivity contribution in [2.24, 2.45) is 7.05 Å². The van der Waals surface area contributed by atoms with Crippen LogP contribution in [0.1, 0.15) is 42.7 Å². The summed E-state index contributed by atoms with van der Waals surface area (Å²) in [7, 11) is 1.73. The number of aromatic nitrogens is 2. The Bertz CT molecular complexity index is 610. The molecule has 0 saturated carbocycles. The summed E-state index contributed by atoms with van der Waals surface area (Å²) in [6.45, 7) is 3.97. The van der Waals surface area contributed by atoms with E-state index < -0.39 is 6.10 Å². The SMILES string of the molecule is CC(C)c1nn(C)c(Cl)c1C(O)Cc1ccccc1F. The smallest absolute Gasteiger partial charge is 0.132 e. The van der Waals surface area contributed by atoms with E-state index in [1.54, 1.807) is 25.2 Å². The number of benzene rings is 1. The fraction of sp³-hybridized carbons (Fsp3) is 0.400. The van der Waals surface area contributed by atoms with Crippen LogP contribution in [0.5, 0.6) is 0 Å². The monoisotopic (exact) mass is 296 g/mol. The first-order chi connectivity index (χ1) is 9.41. The second kappa shape index (κ2) is 5.94. The molecule has 0 fully saturated rings. The lowest BCUT2D eigenvalue weighted by molar-refractivity contribution is 0.175. The van der Waals surface area contributed by atoms with Gasteiger partial charge < -0.3 is 5.11 Å². The summed E-state index contributed by atoms with van der Waals surface area (Å²) in [5.41, 5.74) is 1.81. The Morgan fingerprint density at radius 3 is 2.60 bits per heavy atom. The van der Waals surface area contributed by atoms with Gasteiger partial charge in [-0.15, -0.1) is 0 Å². The zero-order valence-corrected chi connectivity index (χ0v) is 12.5. The summed E-state index contributed by atoms with van der Waals surface area (Å²) in [6, 6.07) is 6.43. The number of aryl methyl sites for hydroxylation is 1. The molecule has 3 nitrogen and oxygen atoms in total. The van der Waals surface area contributed by atoms with E-state index in [4.69, 9.17) is 11.6 Å². The van der Waals surface area contributed by atoms with Crippen LogP contribution in [0.4, 0.5) is 4.39 Å². The summed E-state index contributed by atoms with van der Waals surface area (Å²) in [5.74, 6) is -0.184. The Labute approximate surface area is 123 Å². The summed E-state index contributed by atoms with van der Waals surface area (Å²) in [5, 5.41) is 15.1. The molecule has 0 aliphatic rings. The highest BCUT2D eigenvalue weighted by Crippen LogP contribution is 2.32. The highest BCUT2D eigenvalue weighted by atomic mass is 35.5. The van der Waals surface area contributed by atoms with Crippen molar-refractivity contribution >= 4 is 11.6 Å². The molecule has 0 aliphatic carbocycles. The van der Waals surface area contributed by atoms with E-state index in [2.05, 4.69) is 5.10 Å². The fourth-order valence-electron chi connectivity index (χ4n) is 2.25. The molecule has 0 bridgehead atoms. The van der Waals surface area contributed by atoms with Crippen molar-refractivity contribution in [2.45, 2.75) is 32.3 Å². The van der Waals surface area contributed by atoms with Crippen LogP contribution in [-0.2, 0) is 13.5 Å². The second-order valence-corrected chi connectivity index (χ2v) is 5.54. The molecule has 1 aromatic heterocycles. The molecule has 0 saturated heterocycles. The topological polar surface area (TPSA) is 38.0 Å². The molecule has 2 rings (SSSR count). The molecule has 108 valence electrons. The first-order valence-corrected chi connectivity index (χ1v) is 6.93. The molecule has 1 aromatic carbocycles. The molecule has 0 aliphatic heterocycles. The van der Waals surface area contributed by atoms with Gasteiger partial charge in [-0.2, -0.15) is 5.10 Å². The first kappa shape index (κ1) is 15.0. The Balaban J connectivity index is 2.34. The lowest BCUT2D eigenvalue weighted by Gasteiger charge is -2.13. The van der Waals surface area contributed by atoms with Gasteiger partial charge in [0, 0.05) is 19.0 Å². The van der Waals surface area contributed by atoms with Gasteiger partial charge in [-0.1, -0.05) is 43.6 Å². The van der Waals surface area contributed by atoms with Crippen LogP contribution >= 0.6 is 11.6 Å². The van der Waals surface area contributed by atoms with Crippen LogP contribution in [-0.4, -0.2) is 14.9 Å². The molecule has 5 heteroatoms. The maximum Gasteiger partial charge on any atom is 0.132 e. The van der Waals surface area contributed by atoms with Gasteiger partial charge in [-0.25, -0.2) is 4.39 Å². The summed E-state index contributed by atoms with van der Waals surface area (Å²) in [4.78, 5) is 0. The molecule has 2 aromatic rings. The molecule has 1 N–H and O–H groups in total. The van der Waals surface area contributed by atoms with Gasteiger partial charge >= 0.3 is 0 Å². The van der Waals surface area contributed by atoms with Crippen molar-refractivity contribution in [1.82, 2.24) is 9.78 Å². The van der Waals surface area contributed by atoms with Gasteiger partial charge in [-0.05, 0) is 17.5 Å². The maximum absolute atomic E-state index is 13.7. The van der Waals surface area contributed by atoms with Crippen molar-refractivity contribution in [3.05, 3.63) is 52.1 Å². The third kappa shape index (κ3) is 2.86. The molecule has 20 heavy (non-hydrogen) atoms. The Morgan fingerprint density at radius 1 is 1.35 bits per heavy atom. The number of halogens is 2. The number of hydrogen-bond acceptors (Lipinski definition) is 2. The second-order valence-electron chi connectivity index (χ2n) is 5.18. The van der Waals surface area contributed by atoms with E-state index in [0.717, 1.165) is 5.69 Å². The molecular formula is C15H18ClFN2O. The fourth-order valence-corrected chi connectivity index (χ4v) is 2.51. The van der Waals surface area contributed by atoms with Crippen molar-refractivity contribution in [2.75, 3.05) is 0 Å². The molecular weight excluding hydrogens is 279 g/mol. The molecule has 0 spiro atoms. The normalized spacial score (nSPS) is 12.9. The van der Waals surface area contributed by atoms with Gasteiger partial charge in [0.05, 0.1) is 11.8 Å². The predicted octanol–water partition coefficient (Wildman–Crippen LogP) is 3.61. The molecule has 0 radical (unpaired) electrons. The number of hydrogen-bond donors (Lipinski definition) is 1. The van der Waals surface area contributed by atoms with Gasteiger partial charge in [-0.3, -0.25) is 4.68 Å². The average Bonchev–Trinajstić information content (AvgIpc) is 2.69. The number of aliphatic hydroxyl groups is 1. The Kier molecular flexibility index (Phi) is 4.45. The van der Waals surface area contributed by atoms with Crippen LogP contribution in [0.3, 0.4) is 0 Å². The van der Waals surface area contributed by atoms with Gasteiger partial charge in [0.15, 0.2) is 0 Å². The molecule has 1 atom stereocenters. The maximum atomic E-state index is 13.7. The van der Waals surface area contributed by atoms with Crippen molar-refractivity contribution in [3.63, 3.8) is 0 Å². The number of rotatable bonds is 4. The van der Waals surface area contributed by atoms with Gasteiger partial charge in [0.25, 0.3) is 0 Å². The third-order valence-electron chi connectivity index (χ3n) is 3.29. The predicted molar refractivity (Wildman–Crippen MR) is 77.4 cm³/mol. The quantitative estimate of drug-likeness (QED) is 0.936. The first-order valence-electron chi connectivity index (χ1n) is 6.55. The average molecular weight is 297 g/mol. The number of aliphatic hydroxyl groups excluding tert-OH is 1. The lowest BCUT2D eigenvalue weighted by atomic mass is 9.97. The van der Waals surface area contributed by atoms with Crippen LogP contribution in [0.25, 0.3) is 0 Å². The van der Waals surface area contributed by atoms with Crippen LogP contribution < -0.4 is 0 Å². The van der Waals surface area contributed by atoms with Crippen molar-refractivity contribution in [3.8, 4) is 0 Å². The van der Waals surface area contributed by atoms with Crippen molar-refractivity contribution < 1.29 is 9.50 Å². The Hall–Kier alpha value is -1.39. The standard InChI is InChI=1S/C15H18ClFN2O/c1-9(2)14-13(15(16)19(3)18-14)12(20)8-10-6-4-5-7-11(10)17/h4-7,9,12,20H,8H2,1-3H3. The van der Waals surface area contributed by atoms with E-state index in [1.807, 2.05) is 13.8 Å². The minimum Gasteiger partial charge on any atom is -0.388 e. The zero-order chi connectivity index (χ0) is 14.9. The van der Waals surface area contributed by atoms with E-state index >= 15 is 0 Å².